The molecule has 8 heteroatoms. The molecule has 0 aliphatic heterocycles. The monoisotopic (exact) mass is 391 g/mol. The Morgan fingerprint density at radius 2 is 1.89 bits per heavy atom. The van der Waals surface area contributed by atoms with Crippen molar-refractivity contribution in [2.24, 2.45) is 0 Å². The lowest BCUT2D eigenvalue weighted by Crippen LogP contribution is -2.55. The van der Waals surface area contributed by atoms with Gasteiger partial charge in [0.15, 0.2) is 11.5 Å². The molecule has 0 radical (unpaired) electrons. The maximum absolute atomic E-state index is 12.0. The number of nitrogens with one attached hydrogen (secondary N) is 1. The van der Waals surface area contributed by atoms with E-state index in [1.54, 1.807) is 24.3 Å². The van der Waals surface area contributed by atoms with Crippen LogP contribution >= 0.6 is 0 Å². The molecular weight excluding hydrogens is 366 g/mol. The fourth-order valence-electron chi connectivity index (χ4n) is 2.68. The van der Waals surface area contributed by atoms with Crippen LogP contribution in [0.3, 0.4) is 0 Å². The van der Waals surface area contributed by atoms with Crippen molar-refractivity contribution in [1.82, 2.24) is 5.32 Å². The topological polar surface area (TPSA) is 117 Å². The first-order valence-electron chi connectivity index (χ1n) is 8.56. The molecule has 152 valence electrons. The first-order chi connectivity index (χ1) is 13.3. The van der Waals surface area contributed by atoms with Crippen LogP contribution in [0.4, 0.5) is 0 Å². The molecule has 0 spiro atoms. The second-order valence-corrected chi connectivity index (χ2v) is 6.16. The van der Waals surface area contributed by atoms with Gasteiger partial charge in [0.05, 0.1) is 7.11 Å². The van der Waals surface area contributed by atoms with E-state index in [1.807, 2.05) is 0 Å². The Morgan fingerprint density at radius 3 is 2.54 bits per heavy atom. The predicted octanol–water partition coefficient (Wildman–Crippen LogP) is 1.09. The first-order valence-corrected chi connectivity index (χ1v) is 8.56. The highest BCUT2D eigenvalue weighted by Crippen LogP contribution is 2.33. The summed E-state index contributed by atoms with van der Waals surface area (Å²) in [6, 6.07) is 4.75. The number of phenols is 1. The number of phenolic OH excluding ortho intramolecular Hbond substituents is 1. The second kappa shape index (κ2) is 9.03. The molecule has 4 N–H and O–H groups in total. The van der Waals surface area contributed by atoms with Gasteiger partial charge in [-0.1, -0.05) is 12.1 Å². The van der Waals surface area contributed by atoms with Gasteiger partial charge in [-0.25, -0.2) is 0 Å². The third-order valence-electron chi connectivity index (χ3n) is 4.38. The van der Waals surface area contributed by atoms with Crippen molar-refractivity contribution in [3.05, 3.63) is 53.6 Å². The van der Waals surface area contributed by atoms with Gasteiger partial charge in [-0.3, -0.25) is 4.79 Å². The van der Waals surface area contributed by atoms with E-state index in [4.69, 9.17) is 14.2 Å². The standard InChI is InChI=1S/C20H25NO7/c1-26-17-12-14(4-6-16(17)22)5-7-18(23)21-11-9-15-8-10-19(24,27-2)20(25,13-15)28-3/h4-8,10,12-13,22,24-25H,9,11H2,1-3H3,(H,21,23)/t19-,20-/m0/s1. The number of methoxy groups -OCH3 is 3. The molecule has 0 bridgehead atoms. The van der Waals surface area contributed by atoms with Crippen molar-refractivity contribution >= 4 is 12.0 Å². The zero-order valence-electron chi connectivity index (χ0n) is 16.0. The van der Waals surface area contributed by atoms with Gasteiger partial charge in [0.1, 0.15) is 0 Å². The van der Waals surface area contributed by atoms with Crippen molar-refractivity contribution in [3.8, 4) is 11.5 Å². The maximum atomic E-state index is 12.0. The van der Waals surface area contributed by atoms with Crippen LogP contribution in [0.25, 0.3) is 6.08 Å². The van der Waals surface area contributed by atoms with E-state index in [0.29, 0.717) is 29.9 Å². The number of carbonyl (C=O) groups excluding carboxylic acids is 1. The van der Waals surface area contributed by atoms with Gasteiger partial charge in [-0.15, -0.1) is 0 Å². The SMILES string of the molecule is COc1cc(C=CC(=O)NCCC2=C[C@](O)(OC)[C@@](O)(OC)C=C2)ccc1O. The molecular formula is C20H25NO7. The molecule has 0 saturated heterocycles. The van der Waals surface area contributed by atoms with Crippen molar-refractivity contribution in [2.75, 3.05) is 27.9 Å². The summed E-state index contributed by atoms with van der Waals surface area (Å²) in [4.78, 5) is 12.0. The van der Waals surface area contributed by atoms with Crippen molar-refractivity contribution in [2.45, 2.75) is 18.0 Å². The van der Waals surface area contributed by atoms with E-state index >= 15 is 0 Å². The molecule has 0 saturated carbocycles. The van der Waals surface area contributed by atoms with Crippen LogP contribution < -0.4 is 10.1 Å². The highest BCUT2D eigenvalue weighted by atomic mass is 16.7. The Bertz CT molecular complexity index is 802. The van der Waals surface area contributed by atoms with E-state index in [1.165, 1.54) is 45.6 Å². The highest BCUT2D eigenvalue weighted by molar-refractivity contribution is 5.91. The van der Waals surface area contributed by atoms with Crippen LogP contribution in [0.5, 0.6) is 11.5 Å². The Balaban J connectivity index is 1.90. The fourth-order valence-corrected chi connectivity index (χ4v) is 2.68. The fraction of sp³-hybridized carbons (Fsp3) is 0.350. The third kappa shape index (κ3) is 4.79. The van der Waals surface area contributed by atoms with Crippen LogP contribution in [-0.4, -0.2) is 60.7 Å². The Hall–Kier alpha value is -2.65. The summed E-state index contributed by atoms with van der Waals surface area (Å²) in [5, 5.41) is 32.9. The summed E-state index contributed by atoms with van der Waals surface area (Å²) in [5.74, 6) is -3.96. The summed E-state index contributed by atoms with van der Waals surface area (Å²) >= 11 is 0. The van der Waals surface area contributed by atoms with Crippen molar-refractivity contribution < 1.29 is 34.3 Å². The van der Waals surface area contributed by atoms with Crippen LogP contribution in [0, 0.1) is 0 Å². The molecule has 1 aliphatic rings. The minimum Gasteiger partial charge on any atom is -0.504 e. The molecule has 1 aromatic carbocycles. The number of hydrogen-bond donors (Lipinski definition) is 4. The van der Waals surface area contributed by atoms with Gasteiger partial charge in [0, 0.05) is 26.8 Å². The van der Waals surface area contributed by atoms with Crippen LogP contribution in [0.15, 0.2) is 48.1 Å². The Kier molecular flexibility index (Phi) is 6.98. The van der Waals surface area contributed by atoms with Crippen LogP contribution in [0.2, 0.25) is 0 Å². The zero-order valence-corrected chi connectivity index (χ0v) is 16.0. The number of allylic oxidation sites excluding steroid dienone is 1. The van der Waals surface area contributed by atoms with Gasteiger partial charge in [-0.2, -0.15) is 0 Å². The van der Waals surface area contributed by atoms with Crippen LogP contribution in [0.1, 0.15) is 12.0 Å². The molecule has 0 unspecified atom stereocenters. The highest BCUT2D eigenvalue weighted by Gasteiger charge is 2.49. The summed E-state index contributed by atoms with van der Waals surface area (Å²) in [6.07, 6.45) is 7.62. The van der Waals surface area contributed by atoms with Gasteiger partial charge >= 0.3 is 0 Å². The second-order valence-electron chi connectivity index (χ2n) is 6.16. The minimum atomic E-state index is -2.02. The van der Waals surface area contributed by atoms with E-state index in [2.05, 4.69) is 5.32 Å². The first kappa shape index (κ1) is 21.6. The maximum Gasteiger partial charge on any atom is 0.245 e. The Morgan fingerprint density at radius 1 is 1.18 bits per heavy atom. The number of hydrogen-bond acceptors (Lipinski definition) is 7. The minimum absolute atomic E-state index is 0.0225. The molecule has 28 heavy (non-hydrogen) atoms. The molecule has 2 rings (SSSR count). The zero-order chi connectivity index (χ0) is 20.8. The summed E-state index contributed by atoms with van der Waals surface area (Å²) in [5.41, 5.74) is 1.37. The molecule has 0 aromatic heterocycles. The number of ether oxygens (including phenoxy) is 3. The molecule has 0 heterocycles. The number of carbonyl (C=O) groups is 1. The normalized spacial score (nSPS) is 24.2. The van der Waals surface area contributed by atoms with E-state index in [0.717, 1.165) is 0 Å². The molecule has 1 aliphatic carbocycles. The molecule has 8 nitrogen and oxygen atoms in total. The molecule has 1 amide bonds. The van der Waals surface area contributed by atoms with Crippen molar-refractivity contribution in [3.63, 3.8) is 0 Å². The van der Waals surface area contributed by atoms with E-state index in [-0.39, 0.29) is 11.7 Å². The van der Waals surface area contributed by atoms with Gasteiger partial charge < -0.3 is 34.8 Å². The van der Waals surface area contributed by atoms with E-state index < -0.39 is 11.6 Å². The lowest BCUT2D eigenvalue weighted by molar-refractivity contribution is -0.328. The predicted molar refractivity (Wildman–Crippen MR) is 102 cm³/mol. The average molecular weight is 391 g/mol. The number of rotatable bonds is 8. The molecule has 1 aromatic rings. The third-order valence-corrected chi connectivity index (χ3v) is 4.38. The lowest BCUT2D eigenvalue weighted by Gasteiger charge is -2.39. The Labute approximate surface area is 163 Å². The van der Waals surface area contributed by atoms with Gasteiger partial charge in [0.25, 0.3) is 0 Å². The lowest BCUT2D eigenvalue weighted by atomic mass is 9.94. The number of aliphatic hydroxyl groups is 2. The van der Waals surface area contributed by atoms with E-state index in [9.17, 15) is 20.1 Å². The molecule has 0 fully saturated rings. The van der Waals surface area contributed by atoms with Gasteiger partial charge in [-0.05, 0) is 47.9 Å². The summed E-state index contributed by atoms with van der Waals surface area (Å²) in [7, 11) is 3.95. The van der Waals surface area contributed by atoms with Crippen LogP contribution in [-0.2, 0) is 14.3 Å². The number of aromatic hydroxyl groups is 1. The quantitative estimate of drug-likeness (QED) is 0.387. The number of benzene rings is 1. The smallest absolute Gasteiger partial charge is 0.245 e. The molecule has 2 atom stereocenters. The largest absolute Gasteiger partial charge is 0.504 e. The summed E-state index contributed by atoms with van der Waals surface area (Å²) in [6.45, 7) is 0.309. The number of amides is 1. The van der Waals surface area contributed by atoms with Crippen molar-refractivity contribution in [1.29, 1.82) is 0 Å². The summed E-state index contributed by atoms with van der Waals surface area (Å²) < 4.78 is 14.9. The average Bonchev–Trinajstić information content (AvgIpc) is 2.70. The van der Waals surface area contributed by atoms with Gasteiger partial charge in [0.2, 0.25) is 17.5 Å².